The van der Waals surface area contributed by atoms with E-state index in [9.17, 15) is 8.78 Å². The van der Waals surface area contributed by atoms with Gasteiger partial charge in [-0.1, -0.05) is 70.4 Å². The third-order valence-electron chi connectivity index (χ3n) is 8.18. The Bertz CT molecular complexity index is 754. The lowest BCUT2D eigenvalue weighted by molar-refractivity contribution is 0.287. The van der Waals surface area contributed by atoms with Crippen LogP contribution in [0.5, 0.6) is 0 Å². The normalized spacial score (nSPS) is 25.9. The van der Waals surface area contributed by atoms with E-state index in [1.54, 1.807) is 6.07 Å². The molecule has 182 valence electrons. The molecule has 1 nitrogen and oxygen atoms in total. The quantitative estimate of drug-likeness (QED) is 0.241. The fourth-order valence-electron chi connectivity index (χ4n) is 5.95. The van der Waals surface area contributed by atoms with E-state index < -0.39 is 17.2 Å². The predicted molar refractivity (Wildman–Crippen MR) is 133 cm³/mol. The second kappa shape index (κ2) is 13.9. The number of rotatable bonds is 11. The molecule has 33 heavy (non-hydrogen) atoms. The molecule has 1 aromatic carbocycles. The smallest absolute Gasteiger partial charge is 0.144 e. The van der Waals surface area contributed by atoms with E-state index in [0.29, 0.717) is 11.5 Å². The molecule has 2 saturated carbocycles. The summed E-state index contributed by atoms with van der Waals surface area (Å²) in [6, 6.07) is 4.35. The van der Waals surface area contributed by atoms with Gasteiger partial charge in [-0.05, 0) is 92.7 Å². The standard InChI is InChI=1S/C30H43F2N/c1-2-3-4-5-6-7-8-9-23-10-12-24(13-11-23)14-15-25-16-18-26(19-17-25)27-20-29(31)28(22-33)30(32)21-27/h14-15,20-21,23-26H,2-13,16-19H2,1H3/t23-,24-,25-,26-. The third kappa shape index (κ3) is 8.24. The summed E-state index contributed by atoms with van der Waals surface area (Å²) in [5.41, 5.74) is 0.248. The second-order valence-corrected chi connectivity index (χ2v) is 10.7. The number of nitriles is 1. The highest BCUT2D eigenvalue weighted by molar-refractivity contribution is 5.36. The Labute approximate surface area is 200 Å². The predicted octanol–water partition coefficient (Wildman–Crippen LogP) is 9.61. The molecule has 0 N–H and O–H groups in total. The molecule has 0 aliphatic heterocycles. The minimum Gasteiger partial charge on any atom is -0.205 e. The lowest BCUT2D eigenvalue weighted by Gasteiger charge is -2.29. The zero-order valence-corrected chi connectivity index (χ0v) is 20.6. The van der Waals surface area contributed by atoms with Gasteiger partial charge in [-0.3, -0.25) is 0 Å². The molecule has 0 unspecified atom stereocenters. The summed E-state index contributed by atoms with van der Waals surface area (Å²) in [6.45, 7) is 2.28. The average Bonchev–Trinajstić information content (AvgIpc) is 2.83. The van der Waals surface area contributed by atoms with Crippen LogP contribution in [0.25, 0.3) is 0 Å². The van der Waals surface area contributed by atoms with Gasteiger partial charge in [-0.2, -0.15) is 5.26 Å². The fourth-order valence-corrected chi connectivity index (χ4v) is 5.95. The van der Waals surface area contributed by atoms with Crippen LogP contribution in [0.4, 0.5) is 8.78 Å². The van der Waals surface area contributed by atoms with Crippen LogP contribution >= 0.6 is 0 Å². The van der Waals surface area contributed by atoms with Crippen molar-refractivity contribution in [2.24, 2.45) is 17.8 Å². The van der Waals surface area contributed by atoms with Crippen LogP contribution < -0.4 is 0 Å². The van der Waals surface area contributed by atoms with E-state index >= 15 is 0 Å². The molecule has 0 aromatic heterocycles. The van der Waals surface area contributed by atoms with E-state index in [-0.39, 0.29) is 5.92 Å². The minimum absolute atomic E-state index is 0.202. The molecule has 3 heteroatoms. The topological polar surface area (TPSA) is 23.8 Å². The summed E-state index contributed by atoms with van der Waals surface area (Å²) in [7, 11) is 0. The molecule has 0 heterocycles. The van der Waals surface area contributed by atoms with Crippen molar-refractivity contribution < 1.29 is 8.78 Å². The van der Waals surface area contributed by atoms with E-state index in [2.05, 4.69) is 19.1 Å². The van der Waals surface area contributed by atoms with Crippen molar-refractivity contribution in [3.63, 3.8) is 0 Å². The Morgan fingerprint density at radius 1 is 0.788 bits per heavy atom. The van der Waals surface area contributed by atoms with Gasteiger partial charge in [0.1, 0.15) is 23.3 Å². The first-order chi connectivity index (χ1) is 16.1. The van der Waals surface area contributed by atoms with Gasteiger partial charge < -0.3 is 0 Å². The highest BCUT2D eigenvalue weighted by atomic mass is 19.1. The lowest BCUT2D eigenvalue weighted by Crippen LogP contribution is -2.15. The summed E-state index contributed by atoms with van der Waals surface area (Å²) >= 11 is 0. The molecular weight excluding hydrogens is 412 g/mol. The Morgan fingerprint density at radius 3 is 1.85 bits per heavy atom. The van der Waals surface area contributed by atoms with E-state index in [1.807, 2.05) is 0 Å². The van der Waals surface area contributed by atoms with Crippen molar-refractivity contribution in [2.45, 2.75) is 116 Å². The summed E-state index contributed by atoms with van der Waals surface area (Å²) in [5, 5.41) is 8.86. The van der Waals surface area contributed by atoms with Gasteiger partial charge >= 0.3 is 0 Å². The van der Waals surface area contributed by atoms with Gasteiger partial charge in [0.05, 0.1) is 0 Å². The number of halogens is 2. The van der Waals surface area contributed by atoms with Crippen LogP contribution in [0, 0.1) is 40.7 Å². The molecule has 0 spiro atoms. The van der Waals surface area contributed by atoms with Gasteiger partial charge in [0.25, 0.3) is 0 Å². The van der Waals surface area contributed by atoms with Crippen molar-refractivity contribution in [3.05, 3.63) is 47.0 Å². The van der Waals surface area contributed by atoms with E-state index in [4.69, 9.17) is 5.26 Å². The Hall–Kier alpha value is -1.69. The molecule has 3 rings (SSSR count). The fraction of sp³-hybridized carbons (Fsp3) is 0.700. The van der Waals surface area contributed by atoms with Gasteiger partial charge in [-0.15, -0.1) is 0 Å². The number of nitrogens with zero attached hydrogens (tertiary/aromatic N) is 1. The molecule has 2 aliphatic rings. The Morgan fingerprint density at radius 2 is 1.30 bits per heavy atom. The Kier molecular flexibility index (Phi) is 10.9. The van der Waals surface area contributed by atoms with Gasteiger partial charge in [0, 0.05) is 0 Å². The SMILES string of the molecule is CCCCCCCCC[C@H]1CC[C@H](C=C[C@H]2CC[C@H](c3cc(F)c(C#N)c(F)c3)CC2)CC1. The highest BCUT2D eigenvalue weighted by Gasteiger charge is 2.24. The summed E-state index contributed by atoms with van der Waals surface area (Å²) in [5.74, 6) is 1.05. The summed E-state index contributed by atoms with van der Waals surface area (Å²) < 4.78 is 27.9. The highest BCUT2D eigenvalue weighted by Crippen LogP contribution is 2.38. The van der Waals surface area contributed by atoms with Gasteiger partial charge in [-0.25, -0.2) is 8.78 Å². The molecule has 2 aliphatic carbocycles. The average molecular weight is 456 g/mol. The zero-order valence-electron chi connectivity index (χ0n) is 20.6. The molecule has 1 aromatic rings. The van der Waals surface area contributed by atoms with Gasteiger partial charge in [0.15, 0.2) is 0 Å². The molecular formula is C30H43F2N. The first kappa shape index (κ1) is 25.9. The maximum atomic E-state index is 14.0. The molecule has 0 bridgehead atoms. The number of hydrogen-bond donors (Lipinski definition) is 0. The van der Waals surface area contributed by atoms with Gasteiger partial charge in [0.2, 0.25) is 0 Å². The maximum Gasteiger partial charge on any atom is 0.144 e. The number of unbranched alkanes of at least 4 members (excludes halogenated alkanes) is 6. The first-order valence-corrected chi connectivity index (χ1v) is 13.7. The van der Waals surface area contributed by atoms with Crippen LogP contribution in [-0.2, 0) is 0 Å². The molecule has 0 radical (unpaired) electrons. The van der Waals surface area contributed by atoms with E-state index in [1.165, 1.54) is 89.2 Å². The molecule has 2 fully saturated rings. The zero-order chi connectivity index (χ0) is 23.5. The van der Waals surface area contributed by atoms with Crippen molar-refractivity contribution in [1.82, 2.24) is 0 Å². The summed E-state index contributed by atoms with van der Waals surface area (Å²) in [4.78, 5) is 0. The minimum atomic E-state index is -0.725. The molecule has 0 amide bonds. The summed E-state index contributed by atoms with van der Waals surface area (Å²) in [6.07, 6.45) is 25.8. The third-order valence-corrected chi connectivity index (χ3v) is 8.18. The number of hydrogen-bond acceptors (Lipinski definition) is 1. The van der Waals surface area contributed by atoms with Crippen LogP contribution in [-0.4, -0.2) is 0 Å². The van der Waals surface area contributed by atoms with Crippen molar-refractivity contribution in [1.29, 1.82) is 5.26 Å². The molecule has 0 saturated heterocycles. The first-order valence-electron chi connectivity index (χ1n) is 13.7. The van der Waals surface area contributed by atoms with Crippen LogP contribution in [0.2, 0.25) is 0 Å². The van der Waals surface area contributed by atoms with Crippen LogP contribution in [0.3, 0.4) is 0 Å². The largest absolute Gasteiger partial charge is 0.205 e. The van der Waals surface area contributed by atoms with Crippen molar-refractivity contribution in [3.8, 4) is 6.07 Å². The Balaban J connectivity index is 1.32. The van der Waals surface area contributed by atoms with Crippen LogP contribution in [0.1, 0.15) is 127 Å². The van der Waals surface area contributed by atoms with E-state index in [0.717, 1.165) is 37.5 Å². The van der Waals surface area contributed by atoms with Crippen LogP contribution in [0.15, 0.2) is 24.3 Å². The van der Waals surface area contributed by atoms with Crippen molar-refractivity contribution in [2.75, 3.05) is 0 Å². The van der Waals surface area contributed by atoms with Crippen molar-refractivity contribution >= 4 is 0 Å². The monoisotopic (exact) mass is 455 g/mol. The maximum absolute atomic E-state index is 14.0. The second-order valence-electron chi connectivity index (χ2n) is 10.7. The molecule has 0 atom stereocenters. The lowest BCUT2D eigenvalue weighted by atomic mass is 9.76. The number of allylic oxidation sites excluding steroid dienone is 2. The number of benzene rings is 1.